The Morgan fingerprint density at radius 3 is 2.61 bits per heavy atom. The van der Waals surface area contributed by atoms with Crippen LogP contribution in [-0.4, -0.2) is 13.0 Å². The molecule has 0 spiro atoms. The summed E-state index contributed by atoms with van der Waals surface area (Å²) in [6, 6.07) is 5.29. The van der Waals surface area contributed by atoms with Gasteiger partial charge in [-0.25, -0.2) is 0 Å². The van der Waals surface area contributed by atoms with Gasteiger partial charge in [-0.2, -0.15) is 0 Å². The number of benzene rings is 1. The highest BCUT2D eigenvalue weighted by atomic mass is 16.5. The lowest BCUT2D eigenvalue weighted by Gasteiger charge is -2.22. The highest BCUT2D eigenvalue weighted by Gasteiger charge is 2.36. The fourth-order valence-electron chi connectivity index (χ4n) is 2.44. The van der Waals surface area contributed by atoms with Gasteiger partial charge < -0.3 is 15.8 Å². The number of nitrogens with two attached hydrogens (primary N) is 1. The second-order valence-corrected chi connectivity index (χ2v) is 5.18. The molecule has 98 valence electrons. The quantitative estimate of drug-likeness (QED) is 0.808. The molecule has 0 aromatic heterocycles. The minimum absolute atomic E-state index is 0.0665. The molecule has 3 N–H and O–H groups in total. The van der Waals surface area contributed by atoms with Crippen molar-refractivity contribution in [2.75, 3.05) is 18.2 Å². The molecule has 0 aliphatic heterocycles. The largest absolute Gasteiger partial charge is 0.497 e. The number of carbonyl (C=O) groups excluding carboxylic acids is 1. The summed E-state index contributed by atoms with van der Waals surface area (Å²) in [6.07, 6.45) is 4.16. The summed E-state index contributed by atoms with van der Waals surface area (Å²) < 4.78 is 5.08. The topological polar surface area (TPSA) is 64.3 Å². The van der Waals surface area contributed by atoms with Gasteiger partial charge in [0.2, 0.25) is 5.91 Å². The molecular formula is C14H20N2O2. The Morgan fingerprint density at radius 2 is 2.06 bits per heavy atom. The minimum atomic E-state index is -0.244. The van der Waals surface area contributed by atoms with E-state index >= 15 is 0 Å². The highest BCUT2D eigenvalue weighted by molar-refractivity contribution is 5.97. The first-order valence-corrected chi connectivity index (χ1v) is 6.30. The van der Waals surface area contributed by atoms with Crippen LogP contribution in [0.5, 0.6) is 5.75 Å². The molecule has 4 nitrogen and oxygen atoms in total. The van der Waals surface area contributed by atoms with E-state index in [1.54, 1.807) is 25.3 Å². The molecule has 1 aliphatic rings. The second kappa shape index (κ2) is 4.88. The fourth-order valence-corrected chi connectivity index (χ4v) is 2.44. The van der Waals surface area contributed by atoms with Crippen LogP contribution < -0.4 is 15.8 Å². The zero-order valence-electron chi connectivity index (χ0n) is 11.0. The molecule has 1 saturated carbocycles. The lowest BCUT2D eigenvalue weighted by atomic mass is 9.88. The second-order valence-electron chi connectivity index (χ2n) is 5.18. The Hall–Kier alpha value is -1.71. The number of nitrogens with one attached hydrogen (secondary N) is 1. The summed E-state index contributed by atoms with van der Waals surface area (Å²) in [5.74, 6) is 0.759. The van der Waals surface area contributed by atoms with Crippen LogP contribution in [0.15, 0.2) is 18.2 Å². The Labute approximate surface area is 108 Å². The van der Waals surface area contributed by atoms with Crippen molar-refractivity contribution in [1.29, 1.82) is 0 Å². The maximum Gasteiger partial charge on any atom is 0.230 e. The van der Waals surface area contributed by atoms with E-state index in [4.69, 9.17) is 10.5 Å². The minimum Gasteiger partial charge on any atom is -0.497 e. The number of carbonyl (C=O) groups is 1. The molecule has 0 saturated heterocycles. The van der Waals surface area contributed by atoms with Gasteiger partial charge >= 0.3 is 0 Å². The zero-order chi connectivity index (χ0) is 13.2. The normalized spacial score (nSPS) is 17.4. The SMILES string of the molecule is COc1ccc(NC(=O)C2(C)CCCC2)c(N)c1. The van der Waals surface area contributed by atoms with E-state index in [0.717, 1.165) is 25.7 Å². The van der Waals surface area contributed by atoms with Crippen molar-refractivity contribution in [3.63, 3.8) is 0 Å². The van der Waals surface area contributed by atoms with Crippen molar-refractivity contribution in [2.45, 2.75) is 32.6 Å². The molecule has 0 heterocycles. The van der Waals surface area contributed by atoms with E-state index in [-0.39, 0.29) is 11.3 Å². The van der Waals surface area contributed by atoms with E-state index < -0.39 is 0 Å². The molecule has 1 aliphatic carbocycles. The van der Waals surface area contributed by atoms with E-state index in [0.29, 0.717) is 17.1 Å². The average molecular weight is 248 g/mol. The molecule has 1 aromatic carbocycles. The monoisotopic (exact) mass is 248 g/mol. The zero-order valence-corrected chi connectivity index (χ0v) is 11.0. The molecule has 0 unspecified atom stereocenters. The number of hydrogen-bond acceptors (Lipinski definition) is 3. The standard InChI is InChI=1S/C14H20N2O2/c1-14(7-3-4-8-14)13(17)16-12-6-5-10(18-2)9-11(12)15/h5-6,9H,3-4,7-8,15H2,1-2H3,(H,16,17). The number of amides is 1. The third-order valence-corrected chi connectivity index (χ3v) is 3.76. The molecule has 0 atom stereocenters. The van der Waals surface area contributed by atoms with Crippen molar-refractivity contribution >= 4 is 17.3 Å². The first-order chi connectivity index (χ1) is 8.55. The summed E-state index contributed by atoms with van der Waals surface area (Å²) in [4.78, 5) is 12.2. The van der Waals surface area contributed by atoms with Gasteiger partial charge in [-0.3, -0.25) is 4.79 Å². The fraction of sp³-hybridized carbons (Fsp3) is 0.500. The molecule has 1 amide bonds. The first-order valence-electron chi connectivity index (χ1n) is 6.30. The van der Waals surface area contributed by atoms with Gasteiger partial charge in [0.15, 0.2) is 0 Å². The van der Waals surface area contributed by atoms with Crippen molar-refractivity contribution in [2.24, 2.45) is 5.41 Å². The number of hydrogen-bond donors (Lipinski definition) is 2. The maximum atomic E-state index is 12.2. The van der Waals surface area contributed by atoms with Crippen LogP contribution in [0.2, 0.25) is 0 Å². The first kappa shape index (κ1) is 12.7. The van der Waals surface area contributed by atoms with Crippen LogP contribution in [0.1, 0.15) is 32.6 Å². The number of anilines is 2. The van der Waals surface area contributed by atoms with Crippen molar-refractivity contribution < 1.29 is 9.53 Å². The highest BCUT2D eigenvalue weighted by Crippen LogP contribution is 2.39. The van der Waals surface area contributed by atoms with Gasteiger partial charge in [0, 0.05) is 11.5 Å². The molecular weight excluding hydrogens is 228 g/mol. The van der Waals surface area contributed by atoms with E-state index in [9.17, 15) is 4.79 Å². The van der Waals surface area contributed by atoms with E-state index in [1.807, 2.05) is 6.92 Å². The lowest BCUT2D eigenvalue weighted by Crippen LogP contribution is -2.31. The molecule has 1 fully saturated rings. The van der Waals surface area contributed by atoms with Crippen LogP contribution in [0, 0.1) is 5.41 Å². The Morgan fingerprint density at radius 1 is 1.39 bits per heavy atom. The summed E-state index contributed by atoms with van der Waals surface area (Å²) in [7, 11) is 1.59. The molecule has 2 rings (SSSR count). The van der Waals surface area contributed by atoms with Crippen molar-refractivity contribution in [3.8, 4) is 5.75 Å². The summed E-state index contributed by atoms with van der Waals surface area (Å²) in [5.41, 5.74) is 6.84. The average Bonchev–Trinajstić information content (AvgIpc) is 2.80. The number of methoxy groups -OCH3 is 1. The van der Waals surface area contributed by atoms with Gasteiger partial charge in [-0.05, 0) is 25.0 Å². The Bertz CT molecular complexity index is 451. The maximum absolute atomic E-state index is 12.2. The van der Waals surface area contributed by atoms with Crippen molar-refractivity contribution in [1.82, 2.24) is 0 Å². The van der Waals surface area contributed by atoms with Gasteiger partial charge in [-0.1, -0.05) is 19.8 Å². The van der Waals surface area contributed by atoms with Gasteiger partial charge in [0.25, 0.3) is 0 Å². The molecule has 18 heavy (non-hydrogen) atoms. The Kier molecular flexibility index (Phi) is 3.45. The van der Waals surface area contributed by atoms with Gasteiger partial charge in [0.05, 0.1) is 18.5 Å². The van der Waals surface area contributed by atoms with E-state index in [2.05, 4.69) is 5.32 Å². The van der Waals surface area contributed by atoms with Gasteiger partial charge in [-0.15, -0.1) is 0 Å². The third-order valence-electron chi connectivity index (χ3n) is 3.76. The predicted octanol–water partition coefficient (Wildman–Crippen LogP) is 2.80. The molecule has 1 aromatic rings. The van der Waals surface area contributed by atoms with Crippen LogP contribution in [0.4, 0.5) is 11.4 Å². The summed E-state index contributed by atoms with van der Waals surface area (Å²) in [5, 5.41) is 2.92. The molecule has 0 radical (unpaired) electrons. The predicted molar refractivity (Wildman–Crippen MR) is 72.6 cm³/mol. The molecule has 4 heteroatoms. The Balaban J connectivity index is 2.12. The number of nitrogen functional groups attached to an aromatic ring is 1. The lowest BCUT2D eigenvalue weighted by molar-refractivity contribution is -0.124. The van der Waals surface area contributed by atoms with Gasteiger partial charge in [0.1, 0.15) is 5.75 Å². The van der Waals surface area contributed by atoms with Crippen LogP contribution in [0.25, 0.3) is 0 Å². The van der Waals surface area contributed by atoms with Crippen LogP contribution in [0.3, 0.4) is 0 Å². The third kappa shape index (κ3) is 2.42. The summed E-state index contributed by atoms with van der Waals surface area (Å²) in [6.45, 7) is 2.02. The smallest absolute Gasteiger partial charge is 0.230 e. The van der Waals surface area contributed by atoms with Crippen molar-refractivity contribution in [3.05, 3.63) is 18.2 Å². The molecule has 0 bridgehead atoms. The number of rotatable bonds is 3. The van der Waals surface area contributed by atoms with Crippen LogP contribution in [-0.2, 0) is 4.79 Å². The van der Waals surface area contributed by atoms with E-state index in [1.165, 1.54) is 0 Å². The number of ether oxygens (including phenoxy) is 1. The summed E-state index contributed by atoms with van der Waals surface area (Å²) >= 11 is 0. The van der Waals surface area contributed by atoms with Crippen LogP contribution >= 0.6 is 0 Å².